The van der Waals surface area contributed by atoms with Crippen molar-refractivity contribution >= 4 is 12.4 Å². The number of aliphatic hydroxyl groups excluding tert-OH is 1. The molecule has 0 aromatic heterocycles. The van der Waals surface area contributed by atoms with Gasteiger partial charge in [-0.1, -0.05) is 13.8 Å². The molecule has 0 rings (SSSR count). The number of aliphatic hydroxyl groups is 1. The molecule has 0 fully saturated rings. The van der Waals surface area contributed by atoms with E-state index in [2.05, 4.69) is 0 Å². The second kappa shape index (κ2) is 5.35. The maximum atomic E-state index is 8.50. The van der Waals surface area contributed by atoms with Crippen LogP contribution in [-0.4, -0.2) is 11.3 Å². The Morgan fingerprint density at radius 3 is 1.88 bits per heavy atom. The van der Waals surface area contributed by atoms with Crippen LogP contribution in [0.15, 0.2) is 0 Å². The molecule has 0 radical (unpaired) electrons. The average molecular weight is 140 g/mol. The molecule has 8 heavy (non-hydrogen) atoms. The minimum Gasteiger partial charge on any atom is -0.379 e. The van der Waals surface area contributed by atoms with Gasteiger partial charge in [0.1, 0.15) is 6.23 Å². The van der Waals surface area contributed by atoms with Crippen LogP contribution in [0, 0.1) is 5.92 Å². The van der Waals surface area contributed by atoms with Gasteiger partial charge in [0.25, 0.3) is 0 Å². The van der Waals surface area contributed by atoms with E-state index in [1.165, 1.54) is 0 Å². The van der Waals surface area contributed by atoms with Crippen LogP contribution in [0.5, 0.6) is 0 Å². The topological polar surface area (TPSA) is 46.2 Å². The molecule has 0 amide bonds. The largest absolute Gasteiger partial charge is 0.379 e. The first kappa shape index (κ1) is 11.1. The lowest BCUT2D eigenvalue weighted by Crippen LogP contribution is -2.20. The molecule has 0 bridgehead atoms. The number of hydrogen-bond donors (Lipinski definition) is 2. The van der Waals surface area contributed by atoms with Crippen LogP contribution < -0.4 is 5.73 Å². The number of rotatable bonds is 2. The SMILES string of the molecule is CC(C)C[C@@H](N)O.Cl. The van der Waals surface area contributed by atoms with Gasteiger partial charge in [-0.05, 0) is 12.3 Å². The zero-order valence-corrected chi connectivity index (χ0v) is 6.11. The minimum absolute atomic E-state index is 0. The summed E-state index contributed by atoms with van der Waals surface area (Å²) in [5.74, 6) is 0.500. The van der Waals surface area contributed by atoms with Gasteiger partial charge in [-0.25, -0.2) is 0 Å². The first-order valence-electron chi connectivity index (χ1n) is 2.56. The molecule has 0 aromatic carbocycles. The van der Waals surface area contributed by atoms with Gasteiger partial charge in [0.2, 0.25) is 0 Å². The highest BCUT2D eigenvalue weighted by Crippen LogP contribution is 1.98. The standard InChI is InChI=1S/C5H13NO.ClH/c1-4(2)3-5(6)7;/h4-5,7H,3,6H2,1-2H3;1H/t5-;/m0./s1. The number of halogens is 1. The first-order chi connectivity index (χ1) is 3.13. The third-order valence-corrected chi connectivity index (χ3v) is 0.713. The maximum absolute atomic E-state index is 8.50. The maximum Gasteiger partial charge on any atom is 0.102 e. The van der Waals surface area contributed by atoms with Gasteiger partial charge in [0.05, 0.1) is 0 Å². The zero-order chi connectivity index (χ0) is 5.86. The fourth-order valence-electron chi connectivity index (χ4n) is 0.483. The first-order valence-corrected chi connectivity index (χ1v) is 2.56. The molecule has 0 saturated heterocycles. The number of hydrogen-bond acceptors (Lipinski definition) is 2. The second-order valence-electron chi connectivity index (χ2n) is 2.20. The summed E-state index contributed by atoms with van der Waals surface area (Å²) in [7, 11) is 0. The van der Waals surface area contributed by atoms with Crippen LogP contribution in [0.2, 0.25) is 0 Å². The summed E-state index contributed by atoms with van der Waals surface area (Å²) in [6.07, 6.45) is 0.0694. The van der Waals surface area contributed by atoms with E-state index in [-0.39, 0.29) is 12.4 Å². The molecular formula is C5H14ClNO. The zero-order valence-electron chi connectivity index (χ0n) is 5.29. The van der Waals surface area contributed by atoms with Crippen molar-refractivity contribution in [3.05, 3.63) is 0 Å². The van der Waals surface area contributed by atoms with Gasteiger partial charge in [-0.3, -0.25) is 0 Å². The highest BCUT2D eigenvalue weighted by molar-refractivity contribution is 5.85. The van der Waals surface area contributed by atoms with E-state index in [1.807, 2.05) is 13.8 Å². The molecule has 0 aromatic rings. The monoisotopic (exact) mass is 139 g/mol. The van der Waals surface area contributed by atoms with Gasteiger partial charge in [-0.15, -0.1) is 12.4 Å². The van der Waals surface area contributed by atoms with Crippen LogP contribution in [-0.2, 0) is 0 Å². The van der Waals surface area contributed by atoms with E-state index in [0.29, 0.717) is 12.3 Å². The second-order valence-corrected chi connectivity index (χ2v) is 2.20. The minimum atomic E-state index is -0.625. The summed E-state index contributed by atoms with van der Waals surface area (Å²) in [6.45, 7) is 4.05. The predicted molar refractivity (Wildman–Crippen MR) is 36.9 cm³/mol. The van der Waals surface area contributed by atoms with Crippen molar-refractivity contribution < 1.29 is 5.11 Å². The molecule has 0 saturated carbocycles. The van der Waals surface area contributed by atoms with Crippen LogP contribution >= 0.6 is 12.4 Å². The molecule has 52 valence electrons. The quantitative estimate of drug-likeness (QED) is 0.555. The Hall–Kier alpha value is 0.210. The smallest absolute Gasteiger partial charge is 0.102 e. The van der Waals surface area contributed by atoms with Crippen molar-refractivity contribution in [1.82, 2.24) is 0 Å². The van der Waals surface area contributed by atoms with Gasteiger partial charge in [0, 0.05) is 0 Å². The average Bonchev–Trinajstić information content (AvgIpc) is 1.27. The Kier molecular flexibility index (Phi) is 7.40. The molecule has 1 atom stereocenters. The molecule has 0 unspecified atom stereocenters. The van der Waals surface area contributed by atoms with E-state index in [0.717, 1.165) is 0 Å². The van der Waals surface area contributed by atoms with Crippen LogP contribution in [0.1, 0.15) is 20.3 Å². The van der Waals surface area contributed by atoms with Crippen molar-refractivity contribution in [3.8, 4) is 0 Å². The Morgan fingerprint density at radius 2 is 1.88 bits per heavy atom. The van der Waals surface area contributed by atoms with E-state index >= 15 is 0 Å². The molecule has 0 aliphatic heterocycles. The highest BCUT2D eigenvalue weighted by Gasteiger charge is 1.97. The third kappa shape index (κ3) is 9.51. The van der Waals surface area contributed by atoms with Crippen molar-refractivity contribution in [2.75, 3.05) is 0 Å². The summed E-state index contributed by atoms with van der Waals surface area (Å²) < 4.78 is 0. The molecular weight excluding hydrogens is 126 g/mol. The van der Waals surface area contributed by atoms with Crippen LogP contribution in [0.25, 0.3) is 0 Å². The van der Waals surface area contributed by atoms with Gasteiger partial charge in [-0.2, -0.15) is 0 Å². The Balaban J connectivity index is 0. The molecule has 0 spiro atoms. The van der Waals surface area contributed by atoms with E-state index in [4.69, 9.17) is 10.8 Å². The van der Waals surface area contributed by atoms with Crippen molar-refractivity contribution in [2.24, 2.45) is 11.7 Å². The van der Waals surface area contributed by atoms with Crippen LogP contribution in [0.3, 0.4) is 0 Å². The summed E-state index contributed by atoms with van der Waals surface area (Å²) in [5.41, 5.74) is 5.05. The van der Waals surface area contributed by atoms with Gasteiger partial charge < -0.3 is 10.8 Å². The normalized spacial score (nSPS) is 13.1. The Labute approximate surface area is 56.5 Å². The lowest BCUT2D eigenvalue weighted by molar-refractivity contribution is 0.156. The third-order valence-electron chi connectivity index (χ3n) is 0.713. The molecule has 3 heteroatoms. The molecule has 0 aliphatic carbocycles. The summed E-state index contributed by atoms with van der Waals surface area (Å²) >= 11 is 0. The van der Waals surface area contributed by atoms with Crippen molar-refractivity contribution in [2.45, 2.75) is 26.5 Å². The molecule has 2 nitrogen and oxygen atoms in total. The fraction of sp³-hybridized carbons (Fsp3) is 1.00. The summed E-state index contributed by atoms with van der Waals surface area (Å²) in [5, 5.41) is 8.50. The van der Waals surface area contributed by atoms with Gasteiger partial charge >= 0.3 is 0 Å². The van der Waals surface area contributed by atoms with E-state index in [1.54, 1.807) is 0 Å². The van der Waals surface area contributed by atoms with Crippen molar-refractivity contribution in [1.29, 1.82) is 0 Å². The number of nitrogens with two attached hydrogens (primary N) is 1. The fourth-order valence-corrected chi connectivity index (χ4v) is 0.483. The highest BCUT2D eigenvalue weighted by atomic mass is 35.5. The van der Waals surface area contributed by atoms with E-state index < -0.39 is 6.23 Å². The Bertz CT molecular complexity index is 41.7. The van der Waals surface area contributed by atoms with Gasteiger partial charge in [0.15, 0.2) is 0 Å². The Morgan fingerprint density at radius 1 is 1.50 bits per heavy atom. The lowest BCUT2D eigenvalue weighted by Gasteiger charge is -2.04. The van der Waals surface area contributed by atoms with E-state index in [9.17, 15) is 0 Å². The van der Waals surface area contributed by atoms with Crippen LogP contribution in [0.4, 0.5) is 0 Å². The molecule has 0 heterocycles. The predicted octanol–water partition coefficient (Wildman–Crippen LogP) is 0.731. The summed E-state index contributed by atoms with van der Waals surface area (Å²) in [4.78, 5) is 0. The molecule has 0 aliphatic rings. The summed E-state index contributed by atoms with van der Waals surface area (Å²) in [6, 6.07) is 0. The lowest BCUT2D eigenvalue weighted by atomic mass is 10.1. The molecule has 3 N–H and O–H groups in total. The van der Waals surface area contributed by atoms with Crippen molar-refractivity contribution in [3.63, 3.8) is 0 Å².